The maximum absolute atomic E-state index is 11.8. The van der Waals surface area contributed by atoms with E-state index < -0.39 is 12.8 Å². The molecule has 0 amide bonds. The lowest BCUT2D eigenvalue weighted by Gasteiger charge is -2.11. The molecule has 0 aromatic carbocycles. The van der Waals surface area contributed by atoms with E-state index in [9.17, 15) is 13.2 Å². The molecule has 0 radical (unpaired) electrons. The number of halogens is 3. The average Bonchev–Trinajstić information content (AvgIpc) is 2.72. The van der Waals surface area contributed by atoms with E-state index in [1.54, 1.807) is 10.9 Å². The third kappa shape index (κ3) is 5.50. The monoisotopic (exact) mass is 265 g/mol. The molecule has 104 valence electrons. The second kappa shape index (κ2) is 6.75. The average molecular weight is 265 g/mol. The lowest BCUT2D eigenvalue weighted by atomic mass is 10.1. The highest BCUT2D eigenvalue weighted by Crippen LogP contribution is 2.16. The van der Waals surface area contributed by atoms with Gasteiger partial charge in [-0.2, -0.15) is 18.3 Å². The molecule has 7 heteroatoms. The maximum Gasteiger partial charge on any atom is 0.411 e. The molecule has 0 aliphatic rings. The number of nitrogens with zero attached hydrogens (tertiary/aromatic N) is 2. The van der Waals surface area contributed by atoms with Gasteiger partial charge in [0.2, 0.25) is 0 Å². The van der Waals surface area contributed by atoms with E-state index in [0.29, 0.717) is 6.42 Å². The van der Waals surface area contributed by atoms with Crippen LogP contribution in [0.1, 0.15) is 31.4 Å². The molecule has 1 rings (SSSR count). The van der Waals surface area contributed by atoms with Crippen molar-refractivity contribution in [2.45, 2.75) is 38.5 Å². The number of aryl methyl sites for hydroxylation is 1. The molecule has 0 saturated carbocycles. The van der Waals surface area contributed by atoms with Gasteiger partial charge in [-0.1, -0.05) is 6.92 Å². The zero-order valence-electron chi connectivity index (χ0n) is 10.3. The second-order valence-corrected chi connectivity index (χ2v) is 4.10. The van der Waals surface area contributed by atoms with Crippen LogP contribution in [0.4, 0.5) is 13.2 Å². The summed E-state index contributed by atoms with van der Waals surface area (Å²) in [4.78, 5) is 0. The van der Waals surface area contributed by atoms with Crippen molar-refractivity contribution < 1.29 is 17.9 Å². The van der Waals surface area contributed by atoms with Crippen LogP contribution in [0.2, 0.25) is 0 Å². The summed E-state index contributed by atoms with van der Waals surface area (Å²) in [5, 5.41) is 4.11. The van der Waals surface area contributed by atoms with Gasteiger partial charge in [0.25, 0.3) is 0 Å². The lowest BCUT2D eigenvalue weighted by Crippen LogP contribution is -2.19. The molecule has 0 fully saturated rings. The third-order valence-corrected chi connectivity index (χ3v) is 2.37. The van der Waals surface area contributed by atoms with Crippen LogP contribution in [0.3, 0.4) is 0 Å². The van der Waals surface area contributed by atoms with Gasteiger partial charge in [0.05, 0.1) is 6.20 Å². The van der Waals surface area contributed by atoms with E-state index in [-0.39, 0.29) is 12.6 Å². The van der Waals surface area contributed by atoms with Crippen molar-refractivity contribution in [1.29, 1.82) is 0 Å². The molecule has 0 bridgehead atoms. The van der Waals surface area contributed by atoms with Crippen LogP contribution >= 0.6 is 0 Å². The molecule has 1 aromatic heterocycles. The second-order valence-electron chi connectivity index (χ2n) is 4.10. The van der Waals surface area contributed by atoms with E-state index in [1.165, 1.54) is 0 Å². The number of rotatable bonds is 7. The van der Waals surface area contributed by atoms with Crippen molar-refractivity contribution in [3.8, 4) is 0 Å². The van der Waals surface area contributed by atoms with Crippen LogP contribution < -0.4 is 5.73 Å². The first-order chi connectivity index (χ1) is 8.42. The summed E-state index contributed by atoms with van der Waals surface area (Å²) in [5.74, 6) is 0. The molecule has 2 N–H and O–H groups in total. The predicted molar refractivity (Wildman–Crippen MR) is 60.9 cm³/mol. The van der Waals surface area contributed by atoms with Crippen molar-refractivity contribution in [2.75, 3.05) is 13.2 Å². The molecular formula is C11H18F3N3O. The number of ether oxygens (including phenoxy) is 1. The normalized spacial score (nSPS) is 13.8. The fourth-order valence-electron chi connectivity index (χ4n) is 1.49. The topological polar surface area (TPSA) is 53.1 Å². The Morgan fingerprint density at radius 2 is 2.22 bits per heavy atom. The summed E-state index contributed by atoms with van der Waals surface area (Å²) in [5.41, 5.74) is 6.66. The van der Waals surface area contributed by atoms with Gasteiger partial charge in [-0.05, 0) is 12.8 Å². The van der Waals surface area contributed by atoms with E-state index in [0.717, 1.165) is 18.5 Å². The van der Waals surface area contributed by atoms with Crippen LogP contribution in [-0.2, 0) is 11.3 Å². The van der Waals surface area contributed by atoms with Crippen LogP contribution in [0, 0.1) is 0 Å². The Bertz CT molecular complexity index is 352. The van der Waals surface area contributed by atoms with Gasteiger partial charge >= 0.3 is 6.18 Å². The largest absolute Gasteiger partial charge is 0.411 e. The van der Waals surface area contributed by atoms with E-state index in [4.69, 9.17) is 5.73 Å². The van der Waals surface area contributed by atoms with E-state index in [1.807, 2.05) is 13.1 Å². The Labute approximate surface area is 104 Å². The standard InChI is InChI=1S/C11H18F3N3O/c1-2-4-17-7-9(6-16-17)10(15)3-5-18-8-11(12,13)14/h6-7,10H,2-5,8,15H2,1H3. The number of hydrogen-bond acceptors (Lipinski definition) is 3. The van der Waals surface area contributed by atoms with Crippen molar-refractivity contribution in [3.63, 3.8) is 0 Å². The Hall–Kier alpha value is -1.08. The molecule has 1 heterocycles. The summed E-state index contributed by atoms with van der Waals surface area (Å²) in [6, 6.07) is -0.344. The van der Waals surface area contributed by atoms with Crippen LogP contribution in [0.5, 0.6) is 0 Å². The zero-order valence-corrected chi connectivity index (χ0v) is 10.3. The molecule has 0 aliphatic carbocycles. The van der Waals surface area contributed by atoms with Crippen molar-refractivity contribution >= 4 is 0 Å². The summed E-state index contributed by atoms with van der Waals surface area (Å²) in [6.45, 7) is 1.60. The fraction of sp³-hybridized carbons (Fsp3) is 0.727. The minimum atomic E-state index is -4.28. The van der Waals surface area contributed by atoms with Gasteiger partial charge < -0.3 is 10.5 Å². The summed E-state index contributed by atoms with van der Waals surface area (Å²) >= 11 is 0. The predicted octanol–water partition coefficient (Wildman–Crippen LogP) is 2.26. The Morgan fingerprint density at radius 1 is 1.50 bits per heavy atom. The highest BCUT2D eigenvalue weighted by atomic mass is 19.4. The fourth-order valence-corrected chi connectivity index (χ4v) is 1.49. The van der Waals surface area contributed by atoms with Gasteiger partial charge in [-0.15, -0.1) is 0 Å². The number of alkyl halides is 3. The number of nitrogens with two attached hydrogens (primary N) is 1. The van der Waals surface area contributed by atoms with Crippen LogP contribution in [-0.4, -0.2) is 29.2 Å². The Balaban J connectivity index is 2.29. The van der Waals surface area contributed by atoms with Gasteiger partial charge in [-0.3, -0.25) is 4.68 Å². The molecule has 1 atom stereocenters. The van der Waals surface area contributed by atoms with Gasteiger partial charge in [0.1, 0.15) is 6.61 Å². The molecule has 1 aromatic rings. The summed E-state index contributed by atoms with van der Waals surface area (Å²) < 4.78 is 41.7. The molecule has 4 nitrogen and oxygen atoms in total. The van der Waals surface area contributed by atoms with E-state index >= 15 is 0 Å². The molecule has 18 heavy (non-hydrogen) atoms. The van der Waals surface area contributed by atoms with E-state index in [2.05, 4.69) is 9.84 Å². The molecular weight excluding hydrogens is 247 g/mol. The van der Waals surface area contributed by atoms with Crippen molar-refractivity contribution in [2.24, 2.45) is 5.73 Å². The number of hydrogen-bond donors (Lipinski definition) is 1. The van der Waals surface area contributed by atoms with Crippen molar-refractivity contribution in [1.82, 2.24) is 9.78 Å². The first kappa shape index (κ1) is 15.0. The first-order valence-corrected chi connectivity index (χ1v) is 5.85. The highest BCUT2D eigenvalue weighted by Gasteiger charge is 2.27. The third-order valence-electron chi connectivity index (χ3n) is 2.37. The summed E-state index contributed by atoms with van der Waals surface area (Å²) in [6.07, 6.45) is 0.483. The minimum absolute atomic E-state index is 0.0143. The molecule has 0 aliphatic heterocycles. The first-order valence-electron chi connectivity index (χ1n) is 5.85. The summed E-state index contributed by atoms with van der Waals surface area (Å²) in [7, 11) is 0. The molecule has 1 unspecified atom stereocenters. The SMILES string of the molecule is CCCn1cc(C(N)CCOCC(F)(F)F)cn1. The zero-order chi connectivity index (χ0) is 13.6. The number of aromatic nitrogens is 2. The lowest BCUT2D eigenvalue weighted by molar-refractivity contribution is -0.174. The quantitative estimate of drug-likeness (QED) is 0.769. The Kier molecular flexibility index (Phi) is 5.61. The maximum atomic E-state index is 11.8. The minimum Gasteiger partial charge on any atom is -0.372 e. The smallest absolute Gasteiger partial charge is 0.372 e. The van der Waals surface area contributed by atoms with Gasteiger partial charge in [0.15, 0.2) is 0 Å². The van der Waals surface area contributed by atoms with Gasteiger partial charge in [0, 0.05) is 31.0 Å². The Morgan fingerprint density at radius 3 is 2.83 bits per heavy atom. The molecule has 0 saturated heterocycles. The molecule has 0 spiro atoms. The van der Waals surface area contributed by atoms with Crippen molar-refractivity contribution in [3.05, 3.63) is 18.0 Å². The van der Waals surface area contributed by atoms with Crippen LogP contribution in [0.15, 0.2) is 12.4 Å². The van der Waals surface area contributed by atoms with Gasteiger partial charge in [-0.25, -0.2) is 0 Å². The highest BCUT2D eigenvalue weighted by molar-refractivity contribution is 5.09. The van der Waals surface area contributed by atoms with Crippen LogP contribution in [0.25, 0.3) is 0 Å².